The molecule has 0 saturated heterocycles. The number of carbonyl (C=O) groups excluding carboxylic acids is 1. The summed E-state index contributed by atoms with van der Waals surface area (Å²) in [5, 5.41) is 14.0. The Kier molecular flexibility index (Phi) is 50.1. The first-order valence-electron chi connectivity index (χ1n) is 29.7. The SMILES string of the molecule is CCCCCCC/C=C\C/C=C\CCCCCCCCCCCCCCCCCCCCCCCCCC(=O)NC(COP(=O)(O)OCC[N+](C)(C)C)C(O)CCCCCCCCCCCCC. The smallest absolute Gasteiger partial charge is 0.391 e. The summed E-state index contributed by atoms with van der Waals surface area (Å²) < 4.78 is 23.7. The first kappa shape index (κ1) is 67.0. The average Bonchev–Trinajstić information content (AvgIpc) is 3.30. The molecule has 3 N–H and O–H groups in total. The number of amides is 1. The minimum absolute atomic E-state index is 0.0772. The summed E-state index contributed by atoms with van der Waals surface area (Å²) in [4.78, 5) is 23.3. The van der Waals surface area contributed by atoms with Crippen molar-refractivity contribution < 1.29 is 32.9 Å². The number of aliphatic hydroxyl groups is 1. The van der Waals surface area contributed by atoms with Crippen molar-refractivity contribution in [2.45, 2.75) is 309 Å². The van der Waals surface area contributed by atoms with Crippen LogP contribution in [0.25, 0.3) is 0 Å². The fourth-order valence-corrected chi connectivity index (χ4v) is 9.76. The Labute approximate surface area is 424 Å². The Morgan fingerprint density at radius 2 is 0.838 bits per heavy atom. The Morgan fingerprint density at radius 3 is 1.21 bits per heavy atom. The second kappa shape index (κ2) is 50.9. The lowest BCUT2D eigenvalue weighted by Crippen LogP contribution is -2.46. The number of nitrogens with one attached hydrogen (secondary N) is 1. The highest BCUT2D eigenvalue weighted by atomic mass is 31.2. The molecule has 0 aromatic heterocycles. The van der Waals surface area contributed by atoms with Gasteiger partial charge in [-0.25, -0.2) is 4.57 Å². The van der Waals surface area contributed by atoms with Gasteiger partial charge in [-0.05, 0) is 44.9 Å². The zero-order valence-corrected chi connectivity index (χ0v) is 47.0. The van der Waals surface area contributed by atoms with Crippen LogP contribution in [0.15, 0.2) is 24.3 Å². The molecule has 0 saturated carbocycles. The topological polar surface area (TPSA) is 105 Å². The van der Waals surface area contributed by atoms with E-state index >= 15 is 0 Å². The van der Waals surface area contributed by atoms with Gasteiger partial charge in [0.1, 0.15) is 13.2 Å². The van der Waals surface area contributed by atoms with Gasteiger partial charge in [-0.3, -0.25) is 13.8 Å². The maximum Gasteiger partial charge on any atom is 0.472 e. The fraction of sp³-hybridized carbons (Fsp3) is 0.915. The van der Waals surface area contributed by atoms with Gasteiger partial charge in [0, 0.05) is 6.42 Å². The number of unbranched alkanes of at least 4 members (excludes halogenated alkanes) is 38. The highest BCUT2D eigenvalue weighted by molar-refractivity contribution is 7.47. The van der Waals surface area contributed by atoms with Gasteiger partial charge in [0.15, 0.2) is 0 Å². The summed E-state index contributed by atoms with van der Waals surface area (Å²) in [5.41, 5.74) is 0. The van der Waals surface area contributed by atoms with Crippen molar-refractivity contribution in [2.24, 2.45) is 0 Å². The minimum atomic E-state index is -4.31. The molecule has 68 heavy (non-hydrogen) atoms. The predicted molar refractivity (Wildman–Crippen MR) is 295 cm³/mol. The average molecular weight is 983 g/mol. The number of hydrogen-bond donors (Lipinski definition) is 3. The predicted octanol–water partition coefficient (Wildman–Crippen LogP) is 18.0. The Morgan fingerprint density at radius 1 is 0.500 bits per heavy atom. The molecule has 0 aromatic carbocycles. The van der Waals surface area contributed by atoms with Crippen LogP contribution in [0, 0.1) is 0 Å². The van der Waals surface area contributed by atoms with Crippen molar-refractivity contribution in [1.82, 2.24) is 5.32 Å². The van der Waals surface area contributed by atoms with Crippen molar-refractivity contribution in [3.63, 3.8) is 0 Å². The van der Waals surface area contributed by atoms with E-state index in [-0.39, 0.29) is 19.1 Å². The highest BCUT2D eigenvalue weighted by Crippen LogP contribution is 2.43. The van der Waals surface area contributed by atoms with Crippen LogP contribution in [0.4, 0.5) is 0 Å². The van der Waals surface area contributed by atoms with Gasteiger partial charge < -0.3 is 19.8 Å². The number of phosphoric acid groups is 1. The molecule has 0 rings (SSSR count). The normalized spacial score (nSPS) is 14.0. The van der Waals surface area contributed by atoms with Crippen molar-refractivity contribution >= 4 is 13.7 Å². The van der Waals surface area contributed by atoms with E-state index in [1.165, 1.54) is 225 Å². The lowest BCUT2D eigenvalue weighted by molar-refractivity contribution is -0.870. The second-order valence-corrected chi connectivity index (χ2v) is 23.2. The molecule has 0 aliphatic heterocycles. The second-order valence-electron chi connectivity index (χ2n) is 21.7. The van der Waals surface area contributed by atoms with Gasteiger partial charge in [0.2, 0.25) is 5.91 Å². The van der Waals surface area contributed by atoms with Gasteiger partial charge in [-0.2, -0.15) is 0 Å². The van der Waals surface area contributed by atoms with Crippen molar-refractivity contribution in [3.8, 4) is 0 Å². The first-order chi connectivity index (χ1) is 33.0. The number of aliphatic hydroxyl groups excluding tert-OH is 1. The number of allylic oxidation sites excluding steroid dienone is 4. The van der Waals surface area contributed by atoms with E-state index < -0.39 is 20.0 Å². The summed E-state index contributed by atoms with van der Waals surface area (Å²) in [7, 11) is 1.63. The van der Waals surface area contributed by atoms with Gasteiger partial charge in [0.05, 0.1) is 39.9 Å². The molecular weight excluding hydrogens is 864 g/mol. The molecule has 0 aliphatic rings. The van der Waals surface area contributed by atoms with E-state index in [1.54, 1.807) is 0 Å². The van der Waals surface area contributed by atoms with Crippen LogP contribution in [0.1, 0.15) is 296 Å². The number of phosphoric ester groups is 1. The van der Waals surface area contributed by atoms with Gasteiger partial charge in [0.25, 0.3) is 0 Å². The summed E-state index contributed by atoms with van der Waals surface area (Å²) >= 11 is 0. The molecule has 0 spiro atoms. The summed E-state index contributed by atoms with van der Waals surface area (Å²) in [5.74, 6) is -0.140. The van der Waals surface area contributed by atoms with Crippen LogP contribution in [-0.2, 0) is 18.4 Å². The Balaban J connectivity index is 3.87. The van der Waals surface area contributed by atoms with E-state index in [9.17, 15) is 19.4 Å². The van der Waals surface area contributed by atoms with Crippen LogP contribution >= 0.6 is 7.82 Å². The number of quaternary nitrogens is 1. The molecule has 9 heteroatoms. The summed E-state index contributed by atoms with van der Waals surface area (Å²) in [6.07, 6.45) is 64.1. The first-order valence-corrected chi connectivity index (χ1v) is 31.2. The molecule has 0 radical (unpaired) electrons. The molecule has 0 bridgehead atoms. The molecule has 3 unspecified atom stereocenters. The molecule has 8 nitrogen and oxygen atoms in total. The molecule has 3 atom stereocenters. The third-order valence-electron chi connectivity index (χ3n) is 13.7. The third kappa shape index (κ3) is 52.8. The highest BCUT2D eigenvalue weighted by Gasteiger charge is 2.28. The van der Waals surface area contributed by atoms with E-state index in [1.807, 2.05) is 21.1 Å². The van der Waals surface area contributed by atoms with Gasteiger partial charge in [-0.1, -0.05) is 269 Å². The monoisotopic (exact) mass is 982 g/mol. The lowest BCUT2D eigenvalue weighted by atomic mass is 10.0. The van der Waals surface area contributed by atoms with Crippen molar-refractivity contribution in [3.05, 3.63) is 24.3 Å². The minimum Gasteiger partial charge on any atom is -0.391 e. The quantitative estimate of drug-likeness (QED) is 0.0243. The van der Waals surface area contributed by atoms with Crippen LogP contribution in [0.5, 0.6) is 0 Å². The Bertz CT molecular complexity index is 1160. The van der Waals surface area contributed by atoms with E-state index in [4.69, 9.17) is 9.05 Å². The zero-order chi connectivity index (χ0) is 49.9. The largest absolute Gasteiger partial charge is 0.472 e. The standard InChI is InChI=1S/C59H117N2O6P/c1-6-8-10-12-14-16-18-19-20-21-22-23-24-25-26-27-28-29-30-31-32-33-34-35-36-37-38-39-40-41-43-45-47-49-51-53-59(63)60-57(56-67-68(64,65)66-55-54-61(3,4)5)58(62)52-50-48-46-44-42-17-15-13-11-9-7-2/h18-19,21-22,57-58,62H,6-17,20,23-56H2,1-5H3,(H-,60,63,64,65)/p+1/b19-18-,22-21-. The molecular formula is C59H118N2O6P+. The van der Waals surface area contributed by atoms with Crippen LogP contribution in [-0.4, -0.2) is 73.4 Å². The molecule has 0 heterocycles. The zero-order valence-electron chi connectivity index (χ0n) is 46.1. The van der Waals surface area contributed by atoms with Crippen LogP contribution in [0.2, 0.25) is 0 Å². The number of carbonyl (C=O) groups is 1. The van der Waals surface area contributed by atoms with Crippen molar-refractivity contribution in [2.75, 3.05) is 40.9 Å². The van der Waals surface area contributed by atoms with Crippen LogP contribution in [0.3, 0.4) is 0 Å². The molecule has 0 aromatic rings. The van der Waals surface area contributed by atoms with Crippen molar-refractivity contribution in [1.29, 1.82) is 0 Å². The summed E-state index contributed by atoms with van der Waals surface area (Å²) in [6.45, 7) is 4.90. The fourth-order valence-electron chi connectivity index (χ4n) is 9.02. The van der Waals surface area contributed by atoms with E-state index in [2.05, 4.69) is 43.5 Å². The maximum atomic E-state index is 13.0. The molecule has 0 fully saturated rings. The van der Waals surface area contributed by atoms with Gasteiger partial charge >= 0.3 is 7.82 Å². The van der Waals surface area contributed by atoms with Gasteiger partial charge in [-0.15, -0.1) is 0 Å². The molecule has 404 valence electrons. The number of nitrogens with zero attached hydrogens (tertiary/aromatic N) is 1. The number of likely N-dealkylation sites (N-methyl/N-ethyl adjacent to an activating group) is 1. The number of hydrogen-bond acceptors (Lipinski definition) is 5. The van der Waals surface area contributed by atoms with E-state index in [0.717, 1.165) is 44.9 Å². The lowest BCUT2D eigenvalue weighted by Gasteiger charge is -2.26. The van der Waals surface area contributed by atoms with Crippen LogP contribution < -0.4 is 5.32 Å². The molecule has 1 amide bonds. The molecule has 0 aliphatic carbocycles. The number of rotatable bonds is 55. The third-order valence-corrected chi connectivity index (χ3v) is 14.7. The summed E-state index contributed by atoms with van der Waals surface area (Å²) in [6, 6.07) is -0.756. The van der Waals surface area contributed by atoms with E-state index in [0.29, 0.717) is 23.9 Å². The Hall–Kier alpha value is -1.02. The maximum absolute atomic E-state index is 13.0.